The van der Waals surface area contributed by atoms with Gasteiger partial charge in [0.15, 0.2) is 10.9 Å². The van der Waals surface area contributed by atoms with Crippen LogP contribution in [-0.2, 0) is 16.0 Å². The summed E-state index contributed by atoms with van der Waals surface area (Å²) in [6.45, 7) is 1.42. The molecule has 2 rings (SSSR count). The average Bonchev–Trinajstić information content (AvgIpc) is 2.81. The van der Waals surface area contributed by atoms with Gasteiger partial charge in [-0.25, -0.2) is 0 Å². The molecule has 0 spiro atoms. The first-order valence-corrected chi connectivity index (χ1v) is 6.49. The number of rotatable bonds is 4. The Labute approximate surface area is 122 Å². The number of nitrogens with one attached hydrogen (secondary N) is 2. The Bertz CT molecular complexity index is 623. The molecule has 2 N–H and O–H groups in total. The number of anilines is 1. The summed E-state index contributed by atoms with van der Waals surface area (Å²) in [6.07, 6.45) is 0.631. The molecule has 20 heavy (non-hydrogen) atoms. The third kappa shape index (κ3) is 3.21. The number of carbonyl (C=O) groups is 1. The maximum Gasteiger partial charge on any atom is 0.222 e. The number of H-pyrrole nitrogens is 1. The minimum atomic E-state index is -0.206. The normalized spacial score (nSPS) is 10.1. The zero-order valence-electron chi connectivity index (χ0n) is 11.3. The largest absolute Gasteiger partial charge is 0.486 e. The molecular weight excluding hydrogens is 274 g/mol. The number of thiocarbonyl (C=S) groups is 1. The average molecular weight is 289 g/mol. The third-order valence-electron chi connectivity index (χ3n) is 2.75. The van der Waals surface area contributed by atoms with Crippen molar-refractivity contribution >= 4 is 29.0 Å². The van der Waals surface area contributed by atoms with Gasteiger partial charge in [0.05, 0.1) is 18.4 Å². The summed E-state index contributed by atoms with van der Waals surface area (Å²) in [6, 6.07) is 9.92. The molecule has 0 aliphatic rings. The second-order valence-electron chi connectivity index (χ2n) is 4.26. The lowest BCUT2D eigenvalue weighted by Crippen LogP contribution is -2.11. The highest BCUT2D eigenvalue weighted by atomic mass is 32.1. The number of nitrogens with zero attached hydrogens (tertiary/aromatic N) is 1. The second kappa shape index (κ2) is 6.29. The smallest absolute Gasteiger partial charge is 0.222 e. The van der Waals surface area contributed by atoms with Crippen LogP contribution in [0.5, 0.6) is 0 Å². The second-order valence-corrected chi connectivity index (χ2v) is 4.63. The lowest BCUT2D eigenvalue weighted by molar-refractivity contribution is -0.114. The minimum absolute atomic E-state index is 0.206. The Balaban J connectivity index is 2.35. The molecule has 0 radical (unpaired) electrons. The van der Waals surface area contributed by atoms with Crippen LogP contribution in [0, 0.1) is 0 Å². The summed E-state index contributed by atoms with van der Waals surface area (Å²) < 4.78 is 5.12. The summed E-state index contributed by atoms with van der Waals surface area (Å²) in [5.74, 6) is 0.193. The van der Waals surface area contributed by atoms with E-state index in [1.165, 1.54) is 14.0 Å². The van der Waals surface area contributed by atoms with Crippen LogP contribution in [-0.4, -0.2) is 28.3 Å². The van der Waals surface area contributed by atoms with Crippen molar-refractivity contribution in [2.75, 3.05) is 12.4 Å². The molecule has 1 aromatic heterocycles. The van der Waals surface area contributed by atoms with Crippen molar-refractivity contribution in [3.8, 4) is 0 Å². The third-order valence-corrected chi connectivity index (χ3v) is 3.12. The number of hydrogen-bond acceptors (Lipinski definition) is 4. The van der Waals surface area contributed by atoms with Gasteiger partial charge in [-0.05, 0) is 17.8 Å². The highest BCUT2D eigenvalue weighted by molar-refractivity contribution is 7.80. The van der Waals surface area contributed by atoms with Gasteiger partial charge in [-0.2, -0.15) is 5.10 Å². The first kappa shape index (κ1) is 14.2. The van der Waals surface area contributed by atoms with Crippen LogP contribution in [0.25, 0.3) is 0 Å². The lowest BCUT2D eigenvalue weighted by Gasteiger charge is -2.06. The number of aromatic amines is 1. The first-order chi connectivity index (χ1) is 9.61. The number of methoxy groups -OCH3 is 1. The maximum atomic E-state index is 11.2. The molecule has 1 aromatic carbocycles. The van der Waals surface area contributed by atoms with Crippen molar-refractivity contribution in [3.63, 3.8) is 0 Å². The van der Waals surface area contributed by atoms with E-state index in [1.807, 2.05) is 30.3 Å². The standard InChI is InChI=1S/C14H15N3O2S/c1-9(18)15-13-12(14(20)19-2)11(16-17-13)8-10-6-4-3-5-7-10/h3-7H,8H2,1-2H3,(H2,15,16,17,18). The highest BCUT2D eigenvalue weighted by Crippen LogP contribution is 2.21. The molecule has 0 bridgehead atoms. The van der Waals surface area contributed by atoms with Crippen LogP contribution >= 0.6 is 12.2 Å². The molecule has 0 atom stereocenters. The van der Waals surface area contributed by atoms with Gasteiger partial charge in [0.1, 0.15) is 0 Å². The molecule has 5 nitrogen and oxygen atoms in total. The summed E-state index contributed by atoms with van der Waals surface area (Å²) in [4.78, 5) is 11.2. The van der Waals surface area contributed by atoms with E-state index in [0.717, 1.165) is 11.3 Å². The number of benzene rings is 1. The SMILES string of the molecule is COC(=S)c1c(NC(C)=O)n[nH]c1Cc1ccccc1. The topological polar surface area (TPSA) is 67.0 Å². The van der Waals surface area contributed by atoms with Crippen molar-refractivity contribution in [1.29, 1.82) is 0 Å². The molecule has 0 saturated carbocycles. The Hall–Kier alpha value is -2.21. The molecule has 2 aromatic rings. The molecule has 6 heteroatoms. The molecule has 104 valence electrons. The number of aromatic nitrogens is 2. The van der Waals surface area contributed by atoms with Gasteiger partial charge in [-0.15, -0.1) is 0 Å². The van der Waals surface area contributed by atoms with Crippen molar-refractivity contribution < 1.29 is 9.53 Å². The van der Waals surface area contributed by atoms with Crippen molar-refractivity contribution in [2.45, 2.75) is 13.3 Å². The van der Waals surface area contributed by atoms with Crippen LogP contribution < -0.4 is 5.32 Å². The predicted octanol–water partition coefficient (Wildman–Crippen LogP) is 2.28. The Morgan fingerprint density at radius 1 is 1.40 bits per heavy atom. The zero-order valence-corrected chi connectivity index (χ0v) is 12.1. The summed E-state index contributed by atoms with van der Waals surface area (Å²) >= 11 is 5.19. The minimum Gasteiger partial charge on any atom is -0.486 e. The van der Waals surface area contributed by atoms with Crippen LogP contribution in [0.3, 0.4) is 0 Å². The van der Waals surface area contributed by atoms with E-state index in [2.05, 4.69) is 15.5 Å². The molecular formula is C14H15N3O2S. The first-order valence-electron chi connectivity index (χ1n) is 6.09. The zero-order chi connectivity index (χ0) is 14.5. The highest BCUT2D eigenvalue weighted by Gasteiger charge is 2.19. The Kier molecular flexibility index (Phi) is 4.47. The lowest BCUT2D eigenvalue weighted by atomic mass is 10.1. The van der Waals surface area contributed by atoms with Gasteiger partial charge in [-0.3, -0.25) is 9.89 Å². The summed E-state index contributed by atoms with van der Waals surface area (Å²) in [5, 5.41) is 9.95. The maximum absolute atomic E-state index is 11.2. The van der Waals surface area contributed by atoms with E-state index in [-0.39, 0.29) is 5.91 Å². The van der Waals surface area contributed by atoms with Crippen LogP contribution in [0.2, 0.25) is 0 Å². The predicted molar refractivity (Wildman–Crippen MR) is 80.8 cm³/mol. The van der Waals surface area contributed by atoms with E-state index >= 15 is 0 Å². The fourth-order valence-electron chi connectivity index (χ4n) is 1.89. The number of ether oxygens (including phenoxy) is 1. The van der Waals surface area contributed by atoms with E-state index in [1.54, 1.807) is 0 Å². The Morgan fingerprint density at radius 3 is 2.70 bits per heavy atom. The molecule has 1 amide bonds. The van der Waals surface area contributed by atoms with E-state index in [0.29, 0.717) is 22.9 Å². The van der Waals surface area contributed by atoms with Crippen molar-refractivity contribution in [2.24, 2.45) is 0 Å². The van der Waals surface area contributed by atoms with Gasteiger partial charge < -0.3 is 10.1 Å². The van der Waals surface area contributed by atoms with Crippen molar-refractivity contribution in [3.05, 3.63) is 47.2 Å². The Morgan fingerprint density at radius 2 is 2.10 bits per heavy atom. The van der Waals surface area contributed by atoms with Crippen LogP contribution in [0.4, 0.5) is 5.82 Å². The van der Waals surface area contributed by atoms with Crippen LogP contribution in [0.15, 0.2) is 30.3 Å². The monoisotopic (exact) mass is 289 g/mol. The van der Waals surface area contributed by atoms with E-state index < -0.39 is 0 Å². The van der Waals surface area contributed by atoms with Crippen LogP contribution in [0.1, 0.15) is 23.7 Å². The quantitative estimate of drug-likeness (QED) is 0.847. The van der Waals surface area contributed by atoms with Gasteiger partial charge in [0.2, 0.25) is 5.91 Å². The van der Waals surface area contributed by atoms with E-state index in [4.69, 9.17) is 17.0 Å². The number of amides is 1. The van der Waals surface area contributed by atoms with Crippen molar-refractivity contribution in [1.82, 2.24) is 10.2 Å². The number of carbonyl (C=O) groups excluding carboxylic acids is 1. The molecule has 0 aliphatic carbocycles. The molecule has 0 saturated heterocycles. The summed E-state index contributed by atoms with van der Waals surface area (Å²) in [7, 11) is 1.50. The molecule has 0 fully saturated rings. The van der Waals surface area contributed by atoms with E-state index in [9.17, 15) is 4.79 Å². The van der Waals surface area contributed by atoms with Gasteiger partial charge in [0.25, 0.3) is 0 Å². The van der Waals surface area contributed by atoms with Gasteiger partial charge in [0, 0.05) is 13.3 Å². The fourth-order valence-corrected chi connectivity index (χ4v) is 2.11. The molecule has 0 aliphatic heterocycles. The molecule has 1 heterocycles. The number of hydrogen-bond donors (Lipinski definition) is 2. The van der Waals surface area contributed by atoms with Gasteiger partial charge in [-0.1, -0.05) is 30.3 Å². The fraction of sp³-hybridized carbons (Fsp3) is 0.214. The summed E-state index contributed by atoms with van der Waals surface area (Å²) in [5.41, 5.74) is 2.55. The van der Waals surface area contributed by atoms with Gasteiger partial charge >= 0.3 is 0 Å². The molecule has 0 unspecified atom stereocenters.